The normalized spacial score (nSPS) is 15.3. The standard InChI is InChI=1S/C12H25NO2/c1-9(2)6-4-5-7-10(3)11(13)8-12(14)15/h9-11H,4-8,13H2,1-3H3,(H,14,15)/t10-,11+/m0/s1. The minimum atomic E-state index is -0.795. The lowest BCUT2D eigenvalue weighted by atomic mass is 9.93. The lowest BCUT2D eigenvalue weighted by molar-refractivity contribution is -0.137. The molecule has 0 aromatic rings. The van der Waals surface area contributed by atoms with Crippen molar-refractivity contribution in [2.24, 2.45) is 17.6 Å². The molecule has 0 radical (unpaired) electrons. The lowest BCUT2D eigenvalue weighted by Gasteiger charge is -2.18. The molecule has 0 unspecified atom stereocenters. The number of carboxylic acid groups (broad SMARTS) is 1. The summed E-state index contributed by atoms with van der Waals surface area (Å²) in [5.74, 6) is 0.276. The van der Waals surface area contributed by atoms with Crippen LogP contribution in [0.3, 0.4) is 0 Å². The molecule has 0 aromatic heterocycles. The Morgan fingerprint density at radius 3 is 2.20 bits per heavy atom. The van der Waals surface area contributed by atoms with E-state index in [1.165, 1.54) is 12.8 Å². The second-order valence-corrected chi connectivity index (χ2v) is 4.92. The summed E-state index contributed by atoms with van der Waals surface area (Å²) in [6.45, 7) is 6.49. The van der Waals surface area contributed by atoms with Crippen LogP contribution < -0.4 is 5.73 Å². The van der Waals surface area contributed by atoms with E-state index in [0.29, 0.717) is 5.92 Å². The van der Waals surface area contributed by atoms with Gasteiger partial charge >= 0.3 is 5.97 Å². The van der Waals surface area contributed by atoms with Crippen LogP contribution in [0.5, 0.6) is 0 Å². The summed E-state index contributed by atoms with van der Waals surface area (Å²) in [6.07, 6.45) is 4.77. The van der Waals surface area contributed by atoms with Gasteiger partial charge in [0.15, 0.2) is 0 Å². The van der Waals surface area contributed by atoms with Gasteiger partial charge in [0.25, 0.3) is 0 Å². The Morgan fingerprint density at radius 2 is 1.73 bits per heavy atom. The van der Waals surface area contributed by atoms with Crippen molar-refractivity contribution >= 4 is 5.97 Å². The van der Waals surface area contributed by atoms with Crippen LogP contribution >= 0.6 is 0 Å². The second kappa shape index (κ2) is 7.69. The smallest absolute Gasteiger partial charge is 0.304 e. The molecule has 3 heteroatoms. The van der Waals surface area contributed by atoms with E-state index in [2.05, 4.69) is 13.8 Å². The molecule has 0 heterocycles. The van der Waals surface area contributed by atoms with Gasteiger partial charge in [0.1, 0.15) is 0 Å². The number of rotatable bonds is 8. The van der Waals surface area contributed by atoms with Crippen molar-refractivity contribution in [3.05, 3.63) is 0 Å². The predicted octanol–water partition coefficient (Wildman–Crippen LogP) is 2.64. The summed E-state index contributed by atoms with van der Waals surface area (Å²) >= 11 is 0. The van der Waals surface area contributed by atoms with Crippen LogP contribution in [0.15, 0.2) is 0 Å². The molecule has 0 saturated carbocycles. The van der Waals surface area contributed by atoms with Crippen LogP contribution in [0, 0.1) is 11.8 Å². The molecule has 0 aliphatic carbocycles. The first-order chi connectivity index (χ1) is 6.93. The highest BCUT2D eigenvalue weighted by atomic mass is 16.4. The molecule has 0 rings (SSSR count). The zero-order chi connectivity index (χ0) is 11.8. The third-order valence-electron chi connectivity index (χ3n) is 2.83. The van der Waals surface area contributed by atoms with Crippen molar-refractivity contribution in [1.29, 1.82) is 0 Å². The van der Waals surface area contributed by atoms with E-state index in [1.807, 2.05) is 6.92 Å². The van der Waals surface area contributed by atoms with E-state index in [4.69, 9.17) is 10.8 Å². The molecule has 0 saturated heterocycles. The van der Waals surface area contributed by atoms with Gasteiger partial charge in [0.2, 0.25) is 0 Å². The van der Waals surface area contributed by atoms with Crippen molar-refractivity contribution < 1.29 is 9.90 Å². The Balaban J connectivity index is 3.55. The topological polar surface area (TPSA) is 63.3 Å². The molecule has 0 fully saturated rings. The van der Waals surface area contributed by atoms with E-state index in [1.54, 1.807) is 0 Å². The summed E-state index contributed by atoms with van der Waals surface area (Å²) in [7, 11) is 0. The van der Waals surface area contributed by atoms with Crippen molar-refractivity contribution in [3.8, 4) is 0 Å². The van der Waals surface area contributed by atoms with E-state index < -0.39 is 5.97 Å². The number of aliphatic carboxylic acids is 1. The Morgan fingerprint density at radius 1 is 1.20 bits per heavy atom. The first kappa shape index (κ1) is 14.4. The summed E-state index contributed by atoms with van der Waals surface area (Å²) in [5, 5.41) is 8.60. The van der Waals surface area contributed by atoms with Crippen molar-refractivity contribution in [1.82, 2.24) is 0 Å². The number of unbranched alkanes of at least 4 members (excludes halogenated alkanes) is 1. The fourth-order valence-electron chi connectivity index (χ4n) is 1.64. The molecular formula is C12H25NO2. The zero-order valence-electron chi connectivity index (χ0n) is 10.2. The van der Waals surface area contributed by atoms with Gasteiger partial charge < -0.3 is 10.8 Å². The van der Waals surface area contributed by atoms with Crippen LogP contribution in [0.4, 0.5) is 0 Å². The highest BCUT2D eigenvalue weighted by molar-refractivity contribution is 5.67. The Labute approximate surface area is 93.0 Å². The van der Waals surface area contributed by atoms with Crippen LogP contribution in [0.25, 0.3) is 0 Å². The third kappa shape index (κ3) is 8.43. The Kier molecular flexibility index (Phi) is 7.39. The van der Waals surface area contributed by atoms with Gasteiger partial charge in [-0.3, -0.25) is 4.79 Å². The van der Waals surface area contributed by atoms with Crippen LogP contribution in [0.1, 0.15) is 52.9 Å². The Hall–Kier alpha value is -0.570. The molecule has 0 aliphatic heterocycles. The van der Waals surface area contributed by atoms with Gasteiger partial charge in [-0.25, -0.2) is 0 Å². The van der Waals surface area contributed by atoms with Gasteiger partial charge in [0, 0.05) is 6.04 Å². The van der Waals surface area contributed by atoms with Crippen LogP contribution in [-0.2, 0) is 4.79 Å². The fraction of sp³-hybridized carbons (Fsp3) is 0.917. The quantitative estimate of drug-likeness (QED) is 0.612. The molecule has 0 bridgehead atoms. The maximum atomic E-state index is 10.5. The third-order valence-corrected chi connectivity index (χ3v) is 2.83. The predicted molar refractivity (Wildman–Crippen MR) is 62.7 cm³/mol. The Bertz CT molecular complexity index is 180. The van der Waals surface area contributed by atoms with Crippen molar-refractivity contribution in [2.45, 2.75) is 58.9 Å². The summed E-state index contributed by atoms with van der Waals surface area (Å²) in [5.41, 5.74) is 5.78. The average molecular weight is 215 g/mol. The van der Waals surface area contributed by atoms with Crippen LogP contribution in [-0.4, -0.2) is 17.1 Å². The maximum Gasteiger partial charge on any atom is 0.304 e. The first-order valence-corrected chi connectivity index (χ1v) is 5.90. The number of hydrogen-bond acceptors (Lipinski definition) is 2. The van der Waals surface area contributed by atoms with Gasteiger partial charge in [-0.05, 0) is 18.3 Å². The molecule has 0 spiro atoms. The van der Waals surface area contributed by atoms with Gasteiger partial charge in [-0.2, -0.15) is 0 Å². The van der Waals surface area contributed by atoms with Gasteiger partial charge in [-0.15, -0.1) is 0 Å². The highest BCUT2D eigenvalue weighted by Crippen LogP contribution is 2.16. The number of nitrogens with two attached hydrogens (primary N) is 1. The maximum absolute atomic E-state index is 10.5. The van der Waals surface area contributed by atoms with Gasteiger partial charge in [0.05, 0.1) is 6.42 Å². The number of carboxylic acids is 1. The number of carbonyl (C=O) groups is 1. The first-order valence-electron chi connectivity index (χ1n) is 5.90. The molecule has 90 valence electrons. The van der Waals surface area contributed by atoms with Crippen molar-refractivity contribution in [2.75, 3.05) is 0 Å². The zero-order valence-corrected chi connectivity index (χ0v) is 10.2. The molecule has 0 aliphatic rings. The second-order valence-electron chi connectivity index (χ2n) is 4.92. The minimum absolute atomic E-state index is 0.0886. The highest BCUT2D eigenvalue weighted by Gasteiger charge is 2.15. The fourth-order valence-corrected chi connectivity index (χ4v) is 1.64. The van der Waals surface area contributed by atoms with E-state index in [9.17, 15) is 4.79 Å². The van der Waals surface area contributed by atoms with E-state index in [-0.39, 0.29) is 12.5 Å². The SMILES string of the molecule is CC(C)CCCC[C@H](C)[C@H](N)CC(=O)O. The van der Waals surface area contributed by atoms with Crippen LogP contribution in [0.2, 0.25) is 0 Å². The molecule has 3 N–H and O–H groups in total. The monoisotopic (exact) mass is 215 g/mol. The summed E-state index contributed by atoms with van der Waals surface area (Å²) in [6, 6.07) is -0.193. The number of hydrogen-bond donors (Lipinski definition) is 2. The van der Waals surface area contributed by atoms with Crippen molar-refractivity contribution in [3.63, 3.8) is 0 Å². The average Bonchev–Trinajstić information content (AvgIpc) is 2.10. The largest absolute Gasteiger partial charge is 0.481 e. The molecule has 0 aromatic carbocycles. The summed E-state index contributed by atoms with van der Waals surface area (Å²) in [4.78, 5) is 10.5. The lowest BCUT2D eigenvalue weighted by Crippen LogP contribution is -2.30. The minimum Gasteiger partial charge on any atom is -0.481 e. The van der Waals surface area contributed by atoms with E-state index >= 15 is 0 Å². The van der Waals surface area contributed by atoms with E-state index in [0.717, 1.165) is 18.8 Å². The molecular weight excluding hydrogens is 190 g/mol. The molecule has 15 heavy (non-hydrogen) atoms. The molecule has 3 nitrogen and oxygen atoms in total. The van der Waals surface area contributed by atoms with Gasteiger partial charge in [-0.1, -0.05) is 40.0 Å². The molecule has 0 amide bonds. The molecule has 2 atom stereocenters. The summed E-state index contributed by atoms with van der Waals surface area (Å²) < 4.78 is 0.